The SMILES string of the molecule is COC(NC(C)=O)=C1NC(c2ccccc2)c2ccccc2NC1=O. The van der Waals surface area contributed by atoms with Crippen molar-refractivity contribution in [2.45, 2.75) is 13.0 Å². The third-order valence-corrected chi connectivity index (χ3v) is 3.89. The Bertz CT molecular complexity index is 831. The van der Waals surface area contributed by atoms with Gasteiger partial charge in [-0.05, 0) is 11.6 Å². The summed E-state index contributed by atoms with van der Waals surface area (Å²) < 4.78 is 5.23. The number of benzene rings is 2. The molecule has 6 heteroatoms. The molecule has 0 aromatic heterocycles. The number of para-hydroxylation sites is 1. The van der Waals surface area contributed by atoms with Crippen LogP contribution in [0.4, 0.5) is 5.69 Å². The van der Waals surface area contributed by atoms with Crippen molar-refractivity contribution < 1.29 is 14.3 Å². The molecule has 1 heterocycles. The van der Waals surface area contributed by atoms with Gasteiger partial charge in [0, 0.05) is 18.2 Å². The number of rotatable bonds is 3. The average molecular weight is 337 g/mol. The third-order valence-electron chi connectivity index (χ3n) is 3.89. The summed E-state index contributed by atoms with van der Waals surface area (Å²) in [5.74, 6) is -0.618. The molecule has 2 aromatic carbocycles. The van der Waals surface area contributed by atoms with Crippen molar-refractivity contribution in [3.05, 3.63) is 77.3 Å². The van der Waals surface area contributed by atoms with Crippen LogP contribution in [0.3, 0.4) is 0 Å². The van der Waals surface area contributed by atoms with Crippen LogP contribution in [0, 0.1) is 0 Å². The molecule has 128 valence electrons. The highest BCUT2D eigenvalue weighted by molar-refractivity contribution is 6.05. The predicted octanol–water partition coefficient (Wildman–Crippen LogP) is 2.27. The highest BCUT2D eigenvalue weighted by Crippen LogP contribution is 2.32. The molecule has 0 fully saturated rings. The number of amides is 2. The first-order valence-electron chi connectivity index (χ1n) is 7.87. The highest BCUT2D eigenvalue weighted by Gasteiger charge is 2.29. The molecule has 1 aliphatic heterocycles. The average Bonchev–Trinajstić information content (AvgIpc) is 2.76. The second kappa shape index (κ2) is 7.09. The van der Waals surface area contributed by atoms with Crippen molar-refractivity contribution in [3.63, 3.8) is 0 Å². The second-order valence-electron chi connectivity index (χ2n) is 5.62. The molecule has 0 aliphatic carbocycles. The molecule has 1 atom stereocenters. The summed E-state index contributed by atoms with van der Waals surface area (Å²) in [5, 5.41) is 8.64. The number of hydrogen-bond donors (Lipinski definition) is 3. The standard InChI is InChI=1S/C19H19N3O3/c1-12(23)20-19(25-2)17-18(24)21-15-11-7-6-10-14(15)16(22-17)13-8-4-3-5-9-13/h3-11,16,22H,1-2H3,(H,20,23)(H,21,24). The van der Waals surface area contributed by atoms with Gasteiger partial charge in [0.2, 0.25) is 11.8 Å². The van der Waals surface area contributed by atoms with Crippen molar-refractivity contribution in [3.8, 4) is 0 Å². The normalized spacial score (nSPS) is 18.2. The lowest BCUT2D eigenvalue weighted by atomic mass is 9.97. The van der Waals surface area contributed by atoms with Gasteiger partial charge in [0.1, 0.15) is 0 Å². The summed E-state index contributed by atoms with van der Waals surface area (Å²) in [5.41, 5.74) is 2.79. The molecular formula is C19H19N3O3. The van der Waals surface area contributed by atoms with Crippen LogP contribution in [0.2, 0.25) is 0 Å². The number of carbonyl (C=O) groups excluding carboxylic acids is 2. The van der Waals surface area contributed by atoms with Crippen LogP contribution < -0.4 is 16.0 Å². The summed E-state index contributed by atoms with van der Waals surface area (Å²) in [4.78, 5) is 24.1. The van der Waals surface area contributed by atoms with Gasteiger partial charge >= 0.3 is 0 Å². The second-order valence-corrected chi connectivity index (χ2v) is 5.62. The summed E-state index contributed by atoms with van der Waals surface area (Å²) in [6.07, 6.45) is 0. The third kappa shape index (κ3) is 3.47. The van der Waals surface area contributed by atoms with Crippen LogP contribution in [-0.2, 0) is 14.3 Å². The molecule has 2 amide bonds. The molecule has 3 rings (SSSR count). The molecule has 0 radical (unpaired) electrons. The minimum absolute atomic E-state index is 0.0822. The summed E-state index contributed by atoms with van der Waals surface area (Å²) in [7, 11) is 1.41. The van der Waals surface area contributed by atoms with E-state index in [1.54, 1.807) is 0 Å². The van der Waals surface area contributed by atoms with Gasteiger partial charge in [-0.3, -0.25) is 14.9 Å². The lowest BCUT2D eigenvalue weighted by Gasteiger charge is -2.21. The largest absolute Gasteiger partial charge is 0.481 e. The van der Waals surface area contributed by atoms with Crippen molar-refractivity contribution in [2.24, 2.45) is 0 Å². The molecule has 25 heavy (non-hydrogen) atoms. The molecule has 0 spiro atoms. The van der Waals surface area contributed by atoms with Gasteiger partial charge in [-0.1, -0.05) is 48.5 Å². The first-order valence-corrected chi connectivity index (χ1v) is 7.87. The minimum Gasteiger partial charge on any atom is -0.481 e. The van der Waals surface area contributed by atoms with E-state index in [4.69, 9.17) is 4.74 Å². The van der Waals surface area contributed by atoms with Crippen LogP contribution >= 0.6 is 0 Å². The number of fused-ring (bicyclic) bond motifs is 1. The Hall–Kier alpha value is -3.28. The van der Waals surface area contributed by atoms with Crippen LogP contribution in [-0.4, -0.2) is 18.9 Å². The molecule has 2 aromatic rings. The molecular weight excluding hydrogens is 318 g/mol. The monoisotopic (exact) mass is 337 g/mol. The maximum atomic E-state index is 12.7. The van der Waals surface area contributed by atoms with Gasteiger partial charge in [0.05, 0.1) is 13.2 Å². The fraction of sp³-hybridized carbons (Fsp3) is 0.158. The van der Waals surface area contributed by atoms with Crippen molar-refractivity contribution in [1.82, 2.24) is 10.6 Å². The van der Waals surface area contributed by atoms with Crippen molar-refractivity contribution in [1.29, 1.82) is 0 Å². The Morgan fingerprint density at radius 2 is 1.76 bits per heavy atom. The van der Waals surface area contributed by atoms with Crippen molar-refractivity contribution in [2.75, 3.05) is 12.4 Å². The lowest BCUT2D eigenvalue weighted by Crippen LogP contribution is -2.33. The molecule has 6 nitrogen and oxygen atoms in total. The maximum Gasteiger partial charge on any atom is 0.277 e. The van der Waals surface area contributed by atoms with E-state index in [0.717, 1.165) is 11.1 Å². The highest BCUT2D eigenvalue weighted by atomic mass is 16.5. The number of carbonyl (C=O) groups is 2. The van der Waals surface area contributed by atoms with Gasteiger partial charge in [-0.15, -0.1) is 0 Å². The Morgan fingerprint density at radius 1 is 1.08 bits per heavy atom. The molecule has 0 saturated heterocycles. The molecule has 1 unspecified atom stereocenters. The molecule has 3 N–H and O–H groups in total. The van der Waals surface area contributed by atoms with Crippen molar-refractivity contribution >= 4 is 17.5 Å². The van der Waals surface area contributed by atoms with Gasteiger partial charge < -0.3 is 15.4 Å². The number of hydrogen-bond acceptors (Lipinski definition) is 4. The lowest BCUT2D eigenvalue weighted by molar-refractivity contribution is -0.119. The van der Waals surface area contributed by atoms with Crippen LogP contribution in [0.15, 0.2) is 66.2 Å². The Balaban J connectivity index is 2.13. The topological polar surface area (TPSA) is 79.5 Å². The first kappa shape index (κ1) is 16.6. The summed E-state index contributed by atoms with van der Waals surface area (Å²) >= 11 is 0. The number of nitrogens with one attached hydrogen (secondary N) is 3. The number of methoxy groups -OCH3 is 1. The van der Waals surface area contributed by atoms with E-state index >= 15 is 0 Å². The van der Waals surface area contributed by atoms with Gasteiger partial charge in [0.15, 0.2) is 5.70 Å². The van der Waals surface area contributed by atoms with Gasteiger partial charge in [-0.2, -0.15) is 0 Å². The fourth-order valence-electron chi connectivity index (χ4n) is 2.79. The predicted molar refractivity (Wildman–Crippen MR) is 94.3 cm³/mol. The van der Waals surface area contributed by atoms with Crippen LogP contribution in [0.1, 0.15) is 24.1 Å². The Labute approximate surface area is 145 Å². The smallest absolute Gasteiger partial charge is 0.277 e. The van der Waals surface area contributed by atoms with E-state index < -0.39 is 0 Å². The van der Waals surface area contributed by atoms with Crippen LogP contribution in [0.5, 0.6) is 0 Å². The van der Waals surface area contributed by atoms with E-state index in [0.29, 0.717) is 5.69 Å². The first-order chi connectivity index (χ1) is 12.1. The van der Waals surface area contributed by atoms with Gasteiger partial charge in [0.25, 0.3) is 5.91 Å². The van der Waals surface area contributed by atoms with E-state index in [1.165, 1.54) is 14.0 Å². The zero-order valence-corrected chi connectivity index (χ0v) is 14.0. The molecule has 0 saturated carbocycles. The Morgan fingerprint density at radius 3 is 2.44 bits per heavy atom. The van der Waals surface area contributed by atoms with Gasteiger partial charge in [-0.25, -0.2) is 0 Å². The van der Waals surface area contributed by atoms with E-state index in [-0.39, 0.29) is 29.4 Å². The fourth-order valence-corrected chi connectivity index (χ4v) is 2.79. The number of ether oxygens (including phenoxy) is 1. The quantitative estimate of drug-likeness (QED) is 0.593. The summed E-state index contributed by atoms with van der Waals surface area (Å²) in [6, 6.07) is 17.1. The molecule has 0 bridgehead atoms. The zero-order chi connectivity index (χ0) is 17.8. The van der Waals surface area contributed by atoms with E-state index in [1.807, 2.05) is 54.6 Å². The van der Waals surface area contributed by atoms with Crippen LogP contribution in [0.25, 0.3) is 0 Å². The molecule has 1 aliphatic rings. The van der Waals surface area contributed by atoms with E-state index in [9.17, 15) is 9.59 Å². The minimum atomic E-state index is -0.378. The zero-order valence-electron chi connectivity index (χ0n) is 14.0. The summed E-state index contributed by atoms with van der Waals surface area (Å²) in [6.45, 7) is 1.36. The van der Waals surface area contributed by atoms with E-state index in [2.05, 4.69) is 16.0 Å². The number of anilines is 1. The maximum absolute atomic E-state index is 12.7. The Kier molecular flexibility index (Phi) is 4.70.